The summed E-state index contributed by atoms with van der Waals surface area (Å²) in [4.78, 5) is 11.4. The van der Waals surface area contributed by atoms with Crippen LogP contribution in [0.1, 0.15) is 0 Å². The maximum absolute atomic E-state index is 11.5. The average molecular weight is 254 g/mol. The Balaban J connectivity index is 3.75. The highest BCUT2D eigenvalue weighted by atomic mass is 31.2. The third-order valence-corrected chi connectivity index (χ3v) is 3.05. The second kappa shape index (κ2) is 6.69. The number of likely N-dealkylation sites (N-methyl/N-ethyl adjacent to an activating group) is 2. The summed E-state index contributed by atoms with van der Waals surface area (Å²) in [6.07, 6.45) is 0. The molecule has 0 fully saturated rings. The largest absolute Gasteiger partial charge is 0.403 e. The van der Waals surface area contributed by atoms with Crippen molar-refractivity contribution in [3.63, 3.8) is 0 Å². The van der Waals surface area contributed by atoms with Gasteiger partial charge >= 0.3 is 7.75 Å². The van der Waals surface area contributed by atoms with E-state index in [2.05, 4.69) is 5.09 Å². The van der Waals surface area contributed by atoms with E-state index in [1.807, 2.05) is 40.1 Å². The maximum Gasteiger partial charge on any atom is 0.403 e. The highest BCUT2D eigenvalue weighted by Gasteiger charge is 2.19. The van der Waals surface area contributed by atoms with Gasteiger partial charge in [-0.1, -0.05) is 0 Å². The van der Waals surface area contributed by atoms with Crippen molar-refractivity contribution in [3.05, 3.63) is 0 Å². The second-order valence-electron chi connectivity index (χ2n) is 5.08. The van der Waals surface area contributed by atoms with Crippen molar-refractivity contribution in [1.82, 2.24) is 9.99 Å². The van der Waals surface area contributed by atoms with Crippen molar-refractivity contribution < 1.29 is 18.5 Å². The lowest BCUT2D eigenvalue weighted by Gasteiger charge is -2.24. The molecule has 0 bridgehead atoms. The van der Waals surface area contributed by atoms with Crippen molar-refractivity contribution in [2.75, 3.05) is 61.5 Å². The van der Waals surface area contributed by atoms with E-state index < -0.39 is 7.75 Å². The molecule has 0 heterocycles. The highest BCUT2D eigenvalue weighted by Crippen LogP contribution is 2.35. The van der Waals surface area contributed by atoms with Crippen molar-refractivity contribution in [1.29, 1.82) is 0 Å². The molecule has 0 saturated carbocycles. The minimum Gasteiger partial charge on any atom is -0.329 e. The third-order valence-electron chi connectivity index (χ3n) is 1.90. The Hall–Kier alpha value is 0.0300. The lowest BCUT2D eigenvalue weighted by atomic mass is 10.5. The fourth-order valence-electron chi connectivity index (χ4n) is 0.899. The molecule has 0 spiro atoms. The molecule has 0 saturated heterocycles. The molecule has 2 N–H and O–H groups in total. The van der Waals surface area contributed by atoms with E-state index in [1.165, 1.54) is 0 Å². The zero-order valence-corrected chi connectivity index (χ0v) is 11.8. The summed E-state index contributed by atoms with van der Waals surface area (Å²) in [7, 11) is 6.20. The predicted molar refractivity (Wildman–Crippen MR) is 65.2 cm³/mol. The van der Waals surface area contributed by atoms with Gasteiger partial charge in [-0.25, -0.2) is 9.65 Å². The first-order valence-corrected chi connectivity index (χ1v) is 6.88. The summed E-state index contributed by atoms with van der Waals surface area (Å²) >= 11 is 0. The van der Waals surface area contributed by atoms with E-state index in [-0.39, 0.29) is 6.61 Å². The topological polar surface area (TPSA) is 61.8 Å². The van der Waals surface area contributed by atoms with Gasteiger partial charge in [0.1, 0.15) is 13.2 Å². The van der Waals surface area contributed by atoms with Gasteiger partial charge in [-0.05, 0) is 14.1 Å². The van der Waals surface area contributed by atoms with Gasteiger partial charge in [-0.2, -0.15) is 0 Å². The molecule has 16 heavy (non-hydrogen) atoms. The first-order valence-electron chi connectivity index (χ1n) is 5.30. The number of hydrogen-bond donors (Lipinski definition) is 2. The summed E-state index contributed by atoms with van der Waals surface area (Å²) in [6.45, 7) is 2.10. The van der Waals surface area contributed by atoms with E-state index in [0.717, 1.165) is 0 Å². The van der Waals surface area contributed by atoms with Crippen LogP contribution in [0.4, 0.5) is 0 Å². The van der Waals surface area contributed by atoms with Crippen LogP contribution < -0.4 is 5.09 Å². The molecule has 1 unspecified atom stereocenters. The summed E-state index contributed by atoms with van der Waals surface area (Å²) in [5.74, 6) is 0. The Morgan fingerprint density at radius 3 is 2.38 bits per heavy atom. The lowest BCUT2D eigenvalue weighted by Crippen LogP contribution is -2.37. The van der Waals surface area contributed by atoms with Gasteiger partial charge < -0.3 is 14.3 Å². The summed E-state index contributed by atoms with van der Waals surface area (Å²) in [6, 6.07) is 0. The highest BCUT2D eigenvalue weighted by molar-refractivity contribution is 7.50. The molecule has 0 aromatic carbocycles. The van der Waals surface area contributed by atoms with Gasteiger partial charge in [0.2, 0.25) is 0 Å². The number of nitrogens with one attached hydrogen (secondary N) is 1. The zero-order chi connectivity index (χ0) is 12.8. The zero-order valence-electron chi connectivity index (χ0n) is 10.9. The Bertz CT molecular complexity index is 241. The fraction of sp³-hybridized carbons (Fsp3) is 1.00. The molecule has 7 heteroatoms. The molecule has 6 nitrogen and oxygen atoms in total. The molecule has 0 aromatic heterocycles. The van der Waals surface area contributed by atoms with Gasteiger partial charge in [0, 0.05) is 13.1 Å². The van der Waals surface area contributed by atoms with Crippen LogP contribution in [0.2, 0.25) is 0 Å². The number of nitrogens with zero attached hydrogens (tertiary/aromatic N) is 2. The van der Waals surface area contributed by atoms with E-state index in [1.54, 1.807) is 0 Å². The van der Waals surface area contributed by atoms with Crippen molar-refractivity contribution in [3.8, 4) is 0 Å². The molecule has 0 aromatic rings. The fourth-order valence-corrected chi connectivity index (χ4v) is 1.70. The smallest absolute Gasteiger partial charge is 0.329 e. The Morgan fingerprint density at radius 1 is 1.38 bits per heavy atom. The van der Waals surface area contributed by atoms with Crippen molar-refractivity contribution in [2.24, 2.45) is 0 Å². The average Bonchev–Trinajstić information content (AvgIpc) is 1.99. The molecule has 0 rings (SSSR count). The minimum absolute atomic E-state index is 0.270. The molecule has 0 aliphatic carbocycles. The first-order chi connectivity index (χ1) is 7.12. The van der Waals surface area contributed by atoms with Crippen LogP contribution in [0.25, 0.3) is 0 Å². The van der Waals surface area contributed by atoms with E-state index in [0.29, 0.717) is 24.1 Å². The normalized spacial score (nSPS) is 16.4. The molecule has 0 radical (unpaired) electrons. The molecule has 0 aliphatic rings. The second-order valence-corrected chi connectivity index (χ2v) is 6.69. The molecular formula is C9H25N3O3P+. The van der Waals surface area contributed by atoms with Crippen molar-refractivity contribution in [2.45, 2.75) is 0 Å². The third kappa shape index (κ3) is 10.5. The minimum atomic E-state index is -3.62. The molecule has 0 amide bonds. The molecule has 1 atom stereocenters. The Kier molecular flexibility index (Phi) is 6.70. The van der Waals surface area contributed by atoms with Crippen LogP contribution >= 0.6 is 7.75 Å². The summed E-state index contributed by atoms with van der Waals surface area (Å²) < 4.78 is 17.1. The molecule has 98 valence electrons. The molecule has 0 aliphatic heterocycles. The predicted octanol–water partition coefficient (Wildman–Crippen LogP) is -0.0392. The van der Waals surface area contributed by atoms with Crippen LogP contribution in [-0.2, 0) is 9.09 Å². The maximum atomic E-state index is 11.5. The first kappa shape index (κ1) is 16.0. The SMILES string of the molecule is CN(C)CCNP(=O)(O)OCC[N+](C)(C)C. The van der Waals surface area contributed by atoms with Gasteiger partial charge in [0.15, 0.2) is 0 Å². The monoisotopic (exact) mass is 254 g/mol. The Morgan fingerprint density at radius 2 is 1.94 bits per heavy atom. The standard InChI is InChI=1S/C9H24N3O3P/c1-11(2)7-6-10-16(13,14)15-9-8-12(3,4)5/h6-9H2,1-5H3,(H-,10,13,14)/p+1. The van der Waals surface area contributed by atoms with Crippen LogP contribution in [0.3, 0.4) is 0 Å². The van der Waals surface area contributed by atoms with Crippen LogP contribution in [0.5, 0.6) is 0 Å². The van der Waals surface area contributed by atoms with Crippen molar-refractivity contribution >= 4 is 7.75 Å². The summed E-state index contributed by atoms with van der Waals surface area (Å²) in [5, 5.41) is 2.52. The lowest BCUT2D eigenvalue weighted by molar-refractivity contribution is -0.870. The van der Waals surface area contributed by atoms with Gasteiger partial charge in [0.25, 0.3) is 0 Å². The van der Waals surface area contributed by atoms with Crippen LogP contribution in [-0.4, -0.2) is 75.8 Å². The van der Waals surface area contributed by atoms with Crippen LogP contribution in [0.15, 0.2) is 0 Å². The molecular weight excluding hydrogens is 229 g/mol. The van der Waals surface area contributed by atoms with Gasteiger partial charge in [-0.3, -0.25) is 4.52 Å². The number of hydrogen-bond acceptors (Lipinski definition) is 3. The summed E-state index contributed by atoms with van der Waals surface area (Å²) in [5.41, 5.74) is 0. The van der Waals surface area contributed by atoms with Gasteiger partial charge in [-0.15, -0.1) is 0 Å². The van der Waals surface area contributed by atoms with Gasteiger partial charge in [0.05, 0.1) is 21.1 Å². The van der Waals surface area contributed by atoms with E-state index >= 15 is 0 Å². The van der Waals surface area contributed by atoms with E-state index in [9.17, 15) is 9.46 Å². The Labute approximate surface area is 98.4 Å². The van der Waals surface area contributed by atoms with E-state index in [4.69, 9.17) is 4.52 Å². The van der Waals surface area contributed by atoms with Crippen LogP contribution in [0, 0.1) is 0 Å². The quantitative estimate of drug-likeness (QED) is 0.470. The number of quaternary nitrogens is 1. The number of rotatable bonds is 8.